The monoisotopic (exact) mass is 265 g/mol. The molecule has 1 aromatic rings. The molecule has 0 saturated carbocycles. The number of methoxy groups -OCH3 is 1. The molecule has 1 rings (SSSR count). The van der Waals surface area contributed by atoms with E-state index in [4.69, 9.17) is 16.2 Å². The van der Waals surface area contributed by atoms with Gasteiger partial charge in [0.1, 0.15) is 5.75 Å². The lowest BCUT2D eigenvalue weighted by Crippen LogP contribution is -2.41. The van der Waals surface area contributed by atoms with Crippen LogP contribution in [0.5, 0.6) is 5.75 Å². The molecule has 1 amide bonds. The van der Waals surface area contributed by atoms with Crippen LogP contribution in [0.4, 0.5) is 0 Å². The summed E-state index contributed by atoms with van der Waals surface area (Å²) in [6.45, 7) is 2.48. The highest BCUT2D eigenvalue weighted by Gasteiger charge is 2.16. The minimum absolute atomic E-state index is 0.0812. The lowest BCUT2D eigenvalue weighted by atomic mass is 10.1. The fourth-order valence-electron chi connectivity index (χ4n) is 1.77. The maximum Gasteiger partial charge on any atom is 0.237 e. The van der Waals surface area contributed by atoms with Crippen molar-refractivity contribution in [3.63, 3.8) is 0 Å². The molecule has 0 aromatic heterocycles. The molecule has 5 nitrogen and oxygen atoms in total. The third-order valence-electron chi connectivity index (χ3n) is 3.03. The van der Waals surface area contributed by atoms with Gasteiger partial charge in [0.05, 0.1) is 19.2 Å². The van der Waals surface area contributed by atoms with Crippen LogP contribution >= 0.6 is 0 Å². The molecule has 1 aromatic carbocycles. The molecule has 5 N–H and O–H groups in total. The number of hydrogen-bond donors (Lipinski definition) is 3. The SMILES string of the molecule is COc1ccc(C(C)NC(=O)[C@@H](N)CCCN)cc1. The highest BCUT2D eigenvalue weighted by Crippen LogP contribution is 2.17. The Labute approximate surface area is 114 Å². The molecule has 0 heterocycles. The number of carbonyl (C=O) groups excluding carboxylic acids is 1. The largest absolute Gasteiger partial charge is 0.497 e. The molecule has 19 heavy (non-hydrogen) atoms. The van der Waals surface area contributed by atoms with Crippen LogP contribution in [0.2, 0.25) is 0 Å². The van der Waals surface area contributed by atoms with Crippen molar-refractivity contribution in [1.29, 1.82) is 0 Å². The molecule has 0 bridgehead atoms. The summed E-state index contributed by atoms with van der Waals surface area (Å²) in [5.74, 6) is 0.652. The summed E-state index contributed by atoms with van der Waals surface area (Å²) in [5.41, 5.74) is 12.2. The van der Waals surface area contributed by atoms with Crippen LogP contribution < -0.4 is 21.5 Å². The standard InChI is InChI=1S/C14H23N3O2/c1-10(11-5-7-12(19-2)8-6-11)17-14(18)13(16)4-3-9-15/h5-8,10,13H,3-4,9,15-16H2,1-2H3,(H,17,18)/t10?,13-/m0/s1. The smallest absolute Gasteiger partial charge is 0.237 e. The predicted molar refractivity (Wildman–Crippen MR) is 75.8 cm³/mol. The summed E-state index contributed by atoms with van der Waals surface area (Å²) < 4.78 is 5.09. The number of rotatable bonds is 7. The van der Waals surface area contributed by atoms with Crippen molar-refractivity contribution in [2.24, 2.45) is 11.5 Å². The fraction of sp³-hybridized carbons (Fsp3) is 0.500. The normalized spacial score (nSPS) is 13.7. The Morgan fingerprint density at radius 3 is 2.53 bits per heavy atom. The number of hydrogen-bond acceptors (Lipinski definition) is 4. The summed E-state index contributed by atoms with van der Waals surface area (Å²) >= 11 is 0. The molecule has 0 radical (unpaired) electrons. The Morgan fingerprint density at radius 2 is 2.00 bits per heavy atom. The van der Waals surface area contributed by atoms with Crippen LogP contribution in [0, 0.1) is 0 Å². The van der Waals surface area contributed by atoms with Crippen molar-refractivity contribution in [3.05, 3.63) is 29.8 Å². The molecule has 2 atom stereocenters. The van der Waals surface area contributed by atoms with E-state index in [1.807, 2.05) is 31.2 Å². The predicted octanol–water partition coefficient (Wildman–Crippen LogP) is 0.939. The molecule has 5 heteroatoms. The van der Waals surface area contributed by atoms with E-state index in [2.05, 4.69) is 5.32 Å². The maximum absolute atomic E-state index is 11.9. The molecular formula is C14H23N3O2. The number of carbonyl (C=O) groups is 1. The fourth-order valence-corrected chi connectivity index (χ4v) is 1.77. The van der Waals surface area contributed by atoms with Gasteiger partial charge < -0.3 is 21.5 Å². The first-order chi connectivity index (χ1) is 9.08. The Morgan fingerprint density at radius 1 is 1.37 bits per heavy atom. The van der Waals surface area contributed by atoms with Gasteiger partial charge in [-0.05, 0) is 44.0 Å². The third kappa shape index (κ3) is 4.89. The second-order valence-electron chi connectivity index (χ2n) is 4.54. The van der Waals surface area contributed by atoms with Gasteiger partial charge >= 0.3 is 0 Å². The Balaban J connectivity index is 2.53. The van der Waals surface area contributed by atoms with Gasteiger partial charge in [-0.3, -0.25) is 4.79 Å². The first kappa shape index (κ1) is 15.5. The first-order valence-electron chi connectivity index (χ1n) is 6.48. The van der Waals surface area contributed by atoms with Crippen LogP contribution in [-0.2, 0) is 4.79 Å². The van der Waals surface area contributed by atoms with Crippen LogP contribution in [0.3, 0.4) is 0 Å². The molecule has 0 saturated heterocycles. The number of ether oxygens (including phenoxy) is 1. The van der Waals surface area contributed by atoms with Gasteiger partial charge in [-0.25, -0.2) is 0 Å². The Bertz CT molecular complexity index is 392. The molecule has 0 aliphatic rings. The van der Waals surface area contributed by atoms with Crippen LogP contribution in [-0.4, -0.2) is 25.6 Å². The van der Waals surface area contributed by atoms with E-state index in [-0.39, 0.29) is 11.9 Å². The Kier molecular flexibility index (Phi) is 6.32. The lowest BCUT2D eigenvalue weighted by Gasteiger charge is -2.18. The van der Waals surface area contributed by atoms with Crippen molar-refractivity contribution < 1.29 is 9.53 Å². The number of amides is 1. The minimum atomic E-state index is -0.496. The van der Waals surface area contributed by atoms with Crippen molar-refractivity contribution in [2.45, 2.75) is 31.8 Å². The zero-order valence-electron chi connectivity index (χ0n) is 11.6. The van der Waals surface area contributed by atoms with Gasteiger partial charge in [-0.15, -0.1) is 0 Å². The van der Waals surface area contributed by atoms with E-state index in [9.17, 15) is 4.79 Å². The third-order valence-corrected chi connectivity index (χ3v) is 3.03. The maximum atomic E-state index is 11.9. The topological polar surface area (TPSA) is 90.4 Å². The molecular weight excluding hydrogens is 242 g/mol. The zero-order chi connectivity index (χ0) is 14.3. The quantitative estimate of drug-likeness (QED) is 0.684. The molecule has 0 spiro atoms. The second-order valence-corrected chi connectivity index (χ2v) is 4.54. The summed E-state index contributed by atoms with van der Waals surface area (Å²) in [7, 11) is 1.62. The molecule has 106 valence electrons. The lowest BCUT2D eigenvalue weighted by molar-refractivity contribution is -0.123. The van der Waals surface area contributed by atoms with Gasteiger partial charge in [-0.2, -0.15) is 0 Å². The summed E-state index contributed by atoms with van der Waals surface area (Å²) in [4.78, 5) is 11.9. The van der Waals surface area contributed by atoms with E-state index in [0.717, 1.165) is 17.7 Å². The molecule has 0 aliphatic carbocycles. The van der Waals surface area contributed by atoms with E-state index in [0.29, 0.717) is 13.0 Å². The highest BCUT2D eigenvalue weighted by molar-refractivity contribution is 5.81. The van der Waals surface area contributed by atoms with Crippen molar-refractivity contribution in [2.75, 3.05) is 13.7 Å². The Hall–Kier alpha value is -1.59. The van der Waals surface area contributed by atoms with Gasteiger partial charge in [0.15, 0.2) is 0 Å². The van der Waals surface area contributed by atoms with Gasteiger partial charge in [-0.1, -0.05) is 12.1 Å². The molecule has 1 unspecified atom stereocenters. The second kappa shape index (κ2) is 7.76. The average molecular weight is 265 g/mol. The number of nitrogens with two attached hydrogens (primary N) is 2. The highest BCUT2D eigenvalue weighted by atomic mass is 16.5. The zero-order valence-corrected chi connectivity index (χ0v) is 11.6. The van der Waals surface area contributed by atoms with E-state index in [1.54, 1.807) is 7.11 Å². The first-order valence-corrected chi connectivity index (χ1v) is 6.48. The number of benzene rings is 1. The summed E-state index contributed by atoms with van der Waals surface area (Å²) in [5, 5.41) is 2.90. The van der Waals surface area contributed by atoms with Crippen LogP contribution in [0.15, 0.2) is 24.3 Å². The van der Waals surface area contributed by atoms with E-state index in [1.165, 1.54) is 0 Å². The summed E-state index contributed by atoms with van der Waals surface area (Å²) in [6, 6.07) is 7.01. The summed E-state index contributed by atoms with van der Waals surface area (Å²) in [6.07, 6.45) is 1.36. The van der Waals surface area contributed by atoms with Gasteiger partial charge in [0, 0.05) is 0 Å². The van der Waals surface area contributed by atoms with Crippen molar-refractivity contribution in [1.82, 2.24) is 5.32 Å². The van der Waals surface area contributed by atoms with Crippen LogP contribution in [0.1, 0.15) is 31.4 Å². The average Bonchev–Trinajstić information content (AvgIpc) is 2.44. The van der Waals surface area contributed by atoms with Gasteiger partial charge in [0.25, 0.3) is 0 Å². The minimum Gasteiger partial charge on any atom is -0.497 e. The van der Waals surface area contributed by atoms with Gasteiger partial charge in [0.2, 0.25) is 5.91 Å². The number of nitrogens with one attached hydrogen (secondary N) is 1. The van der Waals surface area contributed by atoms with Crippen LogP contribution in [0.25, 0.3) is 0 Å². The molecule has 0 fully saturated rings. The van der Waals surface area contributed by atoms with Crippen molar-refractivity contribution >= 4 is 5.91 Å². The van der Waals surface area contributed by atoms with Crippen molar-refractivity contribution in [3.8, 4) is 5.75 Å². The van der Waals surface area contributed by atoms with E-state index >= 15 is 0 Å². The molecule has 0 aliphatic heterocycles. The van der Waals surface area contributed by atoms with E-state index < -0.39 is 6.04 Å².